The lowest BCUT2D eigenvalue weighted by Crippen LogP contribution is -2.18. The molecular formula is C23H23N5OS. The molecule has 0 saturated heterocycles. The van der Waals surface area contributed by atoms with Crippen molar-refractivity contribution in [3.8, 4) is 0 Å². The van der Waals surface area contributed by atoms with Gasteiger partial charge in [0.2, 0.25) is 11.1 Å². The van der Waals surface area contributed by atoms with Gasteiger partial charge in [0.1, 0.15) is 0 Å². The molecule has 0 aliphatic rings. The summed E-state index contributed by atoms with van der Waals surface area (Å²) in [5, 5.41) is 14.3. The predicted octanol–water partition coefficient (Wildman–Crippen LogP) is 4.08. The summed E-state index contributed by atoms with van der Waals surface area (Å²) in [6.45, 7) is 3.96. The third-order valence-electron chi connectivity index (χ3n) is 5.04. The normalized spacial score (nSPS) is 11.0. The summed E-state index contributed by atoms with van der Waals surface area (Å²) < 4.78 is 1.47. The van der Waals surface area contributed by atoms with Crippen molar-refractivity contribution >= 4 is 34.1 Å². The minimum Gasteiger partial charge on any atom is -0.336 e. The molecule has 0 aliphatic heterocycles. The number of thioether (sulfide) groups is 1. The van der Waals surface area contributed by atoms with Crippen molar-refractivity contribution < 1.29 is 4.79 Å². The van der Waals surface area contributed by atoms with Gasteiger partial charge in [0.05, 0.1) is 5.75 Å². The molecule has 0 atom stereocenters. The Kier molecular flexibility index (Phi) is 5.72. The van der Waals surface area contributed by atoms with Crippen LogP contribution in [-0.4, -0.2) is 26.5 Å². The molecule has 0 unspecified atom stereocenters. The predicted molar refractivity (Wildman–Crippen MR) is 122 cm³/mol. The Bertz CT molecular complexity index is 1190. The first-order valence-electron chi connectivity index (χ1n) is 9.68. The fourth-order valence-corrected chi connectivity index (χ4v) is 4.14. The van der Waals surface area contributed by atoms with Crippen molar-refractivity contribution in [2.24, 2.45) is 0 Å². The van der Waals surface area contributed by atoms with Crippen molar-refractivity contribution in [3.63, 3.8) is 0 Å². The van der Waals surface area contributed by atoms with Crippen LogP contribution in [0.15, 0.2) is 65.8 Å². The number of nitrogens with zero attached hydrogens (tertiary/aromatic N) is 3. The van der Waals surface area contributed by atoms with E-state index in [4.69, 9.17) is 5.84 Å². The fraction of sp³-hybridized carbons (Fsp3) is 0.174. The van der Waals surface area contributed by atoms with Crippen LogP contribution in [-0.2, 0) is 11.2 Å². The number of hydrogen-bond acceptors (Lipinski definition) is 5. The van der Waals surface area contributed by atoms with Gasteiger partial charge in [0.15, 0.2) is 5.82 Å². The van der Waals surface area contributed by atoms with Crippen molar-refractivity contribution in [3.05, 3.63) is 83.2 Å². The summed E-state index contributed by atoms with van der Waals surface area (Å²) >= 11 is 1.27. The first kappa shape index (κ1) is 20.0. The minimum absolute atomic E-state index is 0.101. The van der Waals surface area contributed by atoms with E-state index in [1.165, 1.54) is 27.2 Å². The molecule has 4 rings (SSSR count). The number of amides is 1. The largest absolute Gasteiger partial charge is 0.336 e. The Labute approximate surface area is 179 Å². The fourth-order valence-electron chi connectivity index (χ4n) is 3.46. The van der Waals surface area contributed by atoms with Crippen LogP contribution in [0.5, 0.6) is 0 Å². The van der Waals surface area contributed by atoms with Crippen LogP contribution in [0.4, 0.5) is 5.69 Å². The lowest BCUT2D eigenvalue weighted by atomic mass is 10.0. The van der Waals surface area contributed by atoms with Crippen LogP contribution in [0.25, 0.3) is 10.8 Å². The molecule has 0 bridgehead atoms. The van der Waals surface area contributed by atoms with E-state index in [0.29, 0.717) is 17.4 Å². The molecule has 0 radical (unpaired) electrons. The highest BCUT2D eigenvalue weighted by molar-refractivity contribution is 7.99. The molecule has 6 nitrogen and oxygen atoms in total. The Morgan fingerprint density at radius 3 is 2.50 bits per heavy atom. The van der Waals surface area contributed by atoms with Crippen molar-refractivity contribution in [1.82, 2.24) is 14.9 Å². The van der Waals surface area contributed by atoms with Gasteiger partial charge in [-0.3, -0.25) is 4.79 Å². The number of rotatable bonds is 6. The third-order valence-corrected chi connectivity index (χ3v) is 5.98. The van der Waals surface area contributed by atoms with E-state index >= 15 is 0 Å². The smallest absolute Gasteiger partial charge is 0.234 e. The molecule has 7 heteroatoms. The van der Waals surface area contributed by atoms with Crippen LogP contribution < -0.4 is 11.2 Å². The van der Waals surface area contributed by atoms with E-state index in [1.54, 1.807) is 0 Å². The zero-order valence-electron chi connectivity index (χ0n) is 16.9. The lowest BCUT2D eigenvalue weighted by Gasteiger charge is -2.11. The van der Waals surface area contributed by atoms with Crippen LogP contribution in [0.1, 0.15) is 22.5 Å². The van der Waals surface area contributed by atoms with Gasteiger partial charge in [-0.25, -0.2) is 4.68 Å². The second kappa shape index (κ2) is 8.59. The topological polar surface area (TPSA) is 85.8 Å². The van der Waals surface area contributed by atoms with Crippen LogP contribution in [0.3, 0.4) is 0 Å². The zero-order chi connectivity index (χ0) is 21.1. The molecule has 3 aromatic carbocycles. The summed E-state index contributed by atoms with van der Waals surface area (Å²) in [7, 11) is 0. The quantitative estimate of drug-likeness (QED) is 0.365. The molecule has 1 heterocycles. The second-order valence-electron chi connectivity index (χ2n) is 7.19. The first-order chi connectivity index (χ1) is 14.5. The molecule has 152 valence electrons. The third kappa shape index (κ3) is 4.16. The number of para-hydroxylation sites is 1. The van der Waals surface area contributed by atoms with Crippen molar-refractivity contribution in [2.75, 3.05) is 16.9 Å². The summed E-state index contributed by atoms with van der Waals surface area (Å²) in [6.07, 6.45) is 0.569. The van der Waals surface area contributed by atoms with Crippen molar-refractivity contribution in [2.45, 2.75) is 25.4 Å². The van der Waals surface area contributed by atoms with Crippen molar-refractivity contribution in [1.29, 1.82) is 0 Å². The van der Waals surface area contributed by atoms with Gasteiger partial charge < -0.3 is 11.2 Å². The first-order valence-corrected chi connectivity index (χ1v) is 10.7. The van der Waals surface area contributed by atoms with Crippen LogP contribution >= 0.6 is 11.8 Å². The Balaban J connectivity index is 1.44. The standard InChI is InChI=1S/C23H23N5OS/c1-15-7-5-8-16(2)22(15)25-21(29)14-30-23-27-26-20(28(23)24)13-18-11-6-10-17-9-3-4-12-19(17)18/h3-12H,13-14,24H2,1-2H3,(H,25,29). The van der Waals surface area contributed by atoms with Gasteiger partial charge in [-0.1, -0.05) is 72.4 Å². The number of carbonyl (C=O) groups excluding carboxylic acids is 1. The molecule has 0 aliphatic carbocycles. The monoisotopic (exact) mass is 417 g/mol. The SMILES string of the molecule is Cc1cccc(C)c1NC(=O)CSc1nnc(Cc2cccc3ccccc23)n1N. The van der Waals surface area contributed by atoms with Gasteiger partial charge in [-0.15, -0.1) is 10.2 Å². The molecule has 0 fully saturated rings. The van der Waals surface area contributed by atoms with E-state index in [-0.39, 0.29) is 11.7 Å². The summed E-state index contributed by atoms with van der Waals surface area (Å²) in [4.78, 5) is 12.4. The Morgan fingerprint density at radius 1 is 1.00 bits per heavy atom. The van der Waals surface area contributed by atoms with Gasteiger partial charge in [0, 0.05) is 12.1 Å². The number of aromatic nitrogens is 3. The number of fused-ring (bicyclic) bond motifs is 1. The van der Waals surface area contributed by atoms with E-state index in [1.807, 2.05) is 50.2 Å². The van der Waals surface area contributed by atoms with E-state index in [9.17, 15) is 4.79 Å². The second-order valence-corrected chi connectivity index (χ2v) is 8.13. The number of hydrogen-bond donors (Lipinski definition) is 2. The number of nitrogens with one attached hydrogen (secondary N) is 1. The number of aryl methyl sites for hydroxylation is 2. The average Bonchev–Trinajstić information content (AvgIpc) is 3.09. The highest BCUT2D eigenvalue weighted by atomic mass is 32.2. The van der Waals surface area contributed by atoms with Crippen LogP contribution in [0, 0.1) is 13.8 Å². The molecule has 1 amide bonds. The minimum atomic E-state index is -0.101. The summed E-state index contributed by atoms with van der Waals surface area (Å²) in [5.74, 6) is 6.98. The average molecular weight is 418 g/mol. The molecule has 0 spiro atoms. The molecular weight excluding hydrogens is 394 g/mol. The molecule has 3 N–H and O–H groups in total. The Hall–Kier alpha value is -3.32. The van der Waals surface area contributed by atoms with E-state index in [0.717, 1.165) is 22.4 Å². The number of anilines is 1. The van der Waals surface area contributed by atoms with E-state index in [2.05, 4.69) is 39.8 Å². The number of nitrogen functional groups attached to an aromatic ring is 1. The number of nitrogens with two attached hydrogens (primary N) is 1. The zero-order valence-corrected chi connectivity index (χ0v) is 17.7. The molecule has 30 heavy (non-hydrogen) atoms. The number of carbonyl (C=O) groups is 1. The van der Waals surface area contributed by atoms with Crippen LogP contribution in [0.2, 0.25) is 0 Å². The maximum absolute atomic E-state index is 12.4. The summed E-state index contributed by atoms with van der Waals surface area (Å²) in [5.41, 5.74) is 4.06. The molecule has 0 saturated carbocycles. The number of benzene rings is 3. The van der Waals surface area contributed by atoms with E-state index < -0.39 is 0 Å². The molecule has 4 aromatic rings. The maximum Gasteiger partial charge on any atom is 0.234 e. The van der Waals surface area contributed by atoms with Gasteiger partial charge in [0.25, 0.3) is 0 Å². The van der Waals surface area contributed by atoms with Gasteiger partial charge in [-0.2, -0.15) is 0 Å². The Morgan fingerprint density at radius 2 is 1.70 bits per heavy atom. The van der Waals surface area contributed by atoms with Gasteiger partial charge >= 0.3 is 0 Å². The highest BCUT2D eigenvalue weighted by Crippen LogP contribution is 2.23. The van der Waals surface area contributed by atoms with Gasteiger partial charge in [-0.05, 0) is 41.3 Å². The molecule has 1 aromatic heterocycles. The maximum atomic E-state index is 12.4. The lowest BCUT2D eigenvalue weighted by molar-refractivity contribution is -0.113. The summed E-state index contributed by atoms with van der Waals surface area (Å²) in [6, 6.07) is 20.3. The highest BCUT2D eigenvalue weighted by Gasteiger charge is 2.14.